The van der Waals surface area contributed by atoms with Crippen LogP contribution in [0.2, 0.25) is 0 Å². The first-order valence-corrected chi connectivity index (χ1v) is 7.31. The van der Waals surface area contributed by atoms with Gasteiger partial charge in [-0.25, -0.2) is 14.1 Å². The van der Waals surface area contributed by atoms with E-state index < -0.39 is 11.9 Å². The number of halogens is 1. The van der Waals surface area contributed by atoms with Crippen molar-refractivity contribution in [3.63, 3.8) is 0 Å². The smallest absolute Gasteiger partial charge is 0.265 e. The SMILES string of the molecule is C[C@@H](Oc1cccc(F)c1)C(=O)Nc1cccnc1-n1cccn1. The van der Waals surface area contributed by atoms with Gasteiger partial charge in [-0.1, -0.05) is 6.07 Å². The van der Waals surface area contributed by atoms with E-state index in [1.54, 1.807) is 54.5 Å². The molecule has 0 spiro atoms. The van der Waals surface area contributed by atoms with Crippen LogP contribution in [0.1, 0.15) is 6.92 Å². The molecule has 0 bridgehead atoms. The van der Waals surface area contributed by atoms with Crippen LogP contribution in [0.3, 0.4) is 0 Å². The first-order valence-electron chi connectivity index (χ1n) is 7.31. The van der Waals surface area contributed by atoms with E-state index in [1.807, 2.05) is 0 Å². The van der Waals surface area contributed by atoms with Gasteiger partial charge in [-0.05, 0) is 37.3 Å². The van der Waals surface area contributed by atoms with Crippen LogP contribution in [0.15, 0.2) is 61.1 Å². The molecule has 0 aliphatic heterocycles. The first kappa shape index (κ1) is 15.7. The number of benzene rings is 1. The molecule has 0 unspecified atom stereocenters. The maximum Gasteiger partial charge on any atom is 0.265 e. The lowest BCUT2D eigenvalue weighted by molar-refractivity contribution is -0.122. The van der Waals surface area contributed by atoms with Crippen molar-refractivity contribution in [3.05, 3.63) is 66.9 Å². The molecule has 1 amide bonds. The van der Waals surface area contributed by atoms with E-state index >= 15 is 0 Å². The number of hydrogen-bond acceptors (Lipinski definition) is 4. The molecule has 3 aromatic rings. The molecule has 0 aliphatic carbocycles. The van der Waals surface area contributed by atoms with Crippen molar-refractivity contribution in [2.75, 3.05) is 5.32 Å². The highest BCUT2D eigenvalue weighted by Crippen LogP contribution is 2.18. The molecule has 0 saturated heterocycles. The average molecular weight is 326 g/mol. The Morgan fingerprint density at radius 3 is 2.88 bits per heavy atom. The Bertz CT molecular complexity index is 836. The number of nitrogens with one attached hydrogen (secondary N) is 1. The Hall–Kier alpha value is -3.22. The Morgan fingerprint density at radius 1 is 1.25 bits per heavy atom. The van der Waals surface area contributed by atoms with Crippen LogP contribution in [0.25, 0.3) is 5.82 Å². The van der Waals surface area contributed by atoms with Crippen LogP contribution in [0.4, 0.5) is 10.1 Å². The van der Waals surface area contributed by atoms with Crippen LogP contribution in [0.5, 0.6) is 5.75 Å². The minimum absolute atomic E-state index is 0.288. The zero-order chi connectivity index (χ0) is 16.9. The molecule has 1 aromatic carbocycles. The summed E-state index contributed by atoms with van der Waals surface area (Å²) in [5, 5.41) is 6.86. The summed E-state index contributed by atoms with van der Waals surface area (Å²) in [4.78, 5) is 16.6. The van der Waals surface area contributed by atoms with Gasteiger partial charge >= 0.3 is 0 Å². The van der Waals surface area contributed by atoms with E-state index in [1.165, 1.54) is 18.2 Å². The molecule has 2 heterocycles. The number of ether oxygens (including phenoxy) is 1. The third-order valence-electron chi connectivity index (χ3n) is 3.24. The molecule has 0 aliphatic rings. The van der Waals surface area contributed by atoms with Crippen LogP contribution >= 0.6 is 0 Å². The number of nitrogens with zero attached hydrogens (tertiary/aromatic N) is 3. The van der Waals surface area contributed by atoms with Crippen molar-refractivity contribution in [1.29, 1.82) is 0 Å². The molecule has 7 heteroatoms. The Kier molecular flexibility index (Phi) is 4.51. The second kappa shape index (κ2) is 6.91. The highest BCUT2D eigenvalue weighted by Gasteiger charge is 2.17. The zero-order valence-electron chi connectivity index (χ0n) is 12.9. The normalized spacial score (nSPS) is 11.8. The van der Waals surface area contributed by atoms with Crippen LogP contribution in [-0.2, 0) is 4.79 Å². The number of hydrogen-bond donors (Lipinski definition) is 1. The van der Waals surface area contributed by atoms with Gasteiger partial charge in [0.15, 0.2) is 11.9 Å². The van der Waals surface area contributed by atoms with Gasteiger partial charge in [0.1, 0.15) is 11.6 Å². The van der Waals surface area contributed by atoms with E-state index in [-0.39, 0.29) is 11.7 Å². The second-order valence-electron chi connectivity index (χ2n) is 5.03. The molecule has 1 N–H and O–H groups in total. The van der Waals surface area contributed by atoms with E-state index in [9.17, 15) is 9.18 Å². The molecule has 0 radical (unpaired) electrons. The predicted molar refractivity (Wildman–Crippen MR) is 86.5 cm³/mol. The number of carbonyl (C=O) groups is 1. The van der Waals surface area contributed by atoms with Crippen molar-refractivity contribution in [2.24, 2.45) is 0 Å². The summed E-state index contributed by atoms with van der Waals surface area (Å²) < 4.78 is 20.2. The largest absolute Gasteiger partial charge is 0.481 e. The lowest BCUT2D eigenvalue weighted by Gasteiger charge is -2.16. The molecular formula is C17H15FN4O2. The summed E-state index contributed by atoms with van der Waals surface area (Å²) >= 11 is 0. The molecule has 1 atom stereocenters. The average Bonchev–Trinajstić information content (AvgIpc) is 3.09. The Balaban J connectivity index is 1.73. The second-order valence-corrected chi connectivity index (χ2v) is 5.03. The Labute approximate surface area is 137 Å². The van der Waals surface area contributed by atoms with Crippen LogP contribution in [-0.4, -0.2) is 26.8 Å². The summed E-state index contributed by atoms with van der Waals surface area (Å²) in [6.07, 6.45) is 4.15. The number of amides is 1. The fourth-order valence-electron chi connectivity index (χ4n) is 2.10. The van der Waals surface area contributed by atoms with Gasteiger partial charge in [0.05, 0.1) is 5.69 Å². The lowest BCUT2D eigenvalue weighted by Crippen LogP contribution is -2.30. The van der Waals surface area contributed by atoms with Crippen molar-refractivity contribution in [2.45, 2.75) is 13.0 Å². The van der Waals surface area contributed by atoms with Gasteiger partial charge in [-0.3, -0.25) is 4.79 Å². The fraction of sp³-hybridized carbons (Fsp3) is 0.118. The zero-order valence-corrected chi connectivity index (χ0v) is 12.9. The van der Waals surface area contributed by atoms with E-state index in [2.05, 4.69) is 15.4 Å². The Morgan fingerprint density at radius 2 is 2.12 bits per heavy atom. The van der Waals surface area contributed by atoms with Gasteiger partial charge in [0.2, 0.25) is 0 Å². The molecule has 6 nitrogen and oxygen atoms in total. The van der Waals surface area contributed by atoms with Gasteiger partial charge in [0.25, 0.3) is 5.91 Å². The van der Waals surface area contributed by atoms with Crippen molar-refractivity contribution in [1.82, 2.24) is 14.8 Å². The lowest BCUT2D eigenvalue weighted by atomic mass is 10.3. The number of anilines is 1. The molecule has 24 heavy (non-hydrogen) atoms. The van der Waals surface area contributed by atoms with E-state index in [4.69, 9.17) is 4.74 Å². The monoisotopic (exact) mass is 326 g/mol. The molecule has 2 aromatic heterocycles. The predicted octanol–water partition coefficient (Wildman–Crippen LogP) is 2.81. The summed E-state index contributed by atoms with van der Waals surface area (Å²) in [5.41, 5.74) is 0.501. The molecule has 0 saturated carbocycles. The summed E-state index contributed by atoms with van der Waals surface area (Å²) in [6.45, 7) is 1.59. The molecule has 3 rings (SSSR count). The standard InChI is InChI=1S/C17H15FN4O2/c1-12(24-14-6-2-5-13(18)11-14)17(23)21-15-7-3-8-19-16(15)22-10-4-9-20-22/h2-12H,1H3,(H,21,23)/t12-/m1/s1. The van der Waals surface area contributed by atoms with Gasteiger partial charge < -0.3 is 10.1 Å². The summed E-state index contributed by atoms with van der Waals surface area (Å²) in [6, 6.07) is 10.8. The third kappa shape index (κ3) is 3.57. The first-order chi connectivity index (χ1) is 11.6. The highest BCUT2D eigenvalue weighted by atomic mass is 19.1. The van der Waals surface area contributed by atoms with Gasteiger partial charge in [-0.15, -0.1) is 0 Å². The number of rotatable bonds is 5. The fourth-order valence-corrected chi connectivity index (χ4v) is 2.10. The number of aromatic nitrogens is 3. The van der Waals surface area contributed by atoms with Crippen LogP contribution < -0.4 is 10.1 Å². The van der Waals surface area contributed by atoms with E-state index in [0.717, 1.165) is 0 Å². The molecular weight excluding hydrogens is 311 g/mol. The summed E-state index contributed by atoms with van der Waals surface area (Å²) in [7, 11) is 0. The minimum Gasteiger partial charge on any atom is -0.481 e. The van der Waals surface area contributed by atoms with E-state index in [0.29, 0.717) is 11.5 Å². The summed E-state index contributed by atoms with van der Waals surface area (Å²) in [5.74, 6) is -0.0149. The van der Waals surface area contributed by atoms with Crippen LogP contribution in [0, 0.1) is 5.82 Å². The van der Waals surface area contributed by atoms with Gasteiger partial charge in [0, 0.05) is 24.7 Å². The number of pyridine rings is 1. The molecule has 0 fully saturated rings. The highest BCUT2D eigenvalue weighted by molar-refractivity contribution is 5.95. The minimum atomic E-state index is -0.808. The van der Waals surface area contributed by atoms with Crippen molar-refractivity contribution in [3.8, 4) is 11.6 Å². The van der Waals surface area contributed by atoms with Crippen molar-refractivity contribution < 1.29 is 13.9 Å². The topological polar surface area (TPSA) is 69.0 Å². The maximum atomic E-state index is 13.2. The third-order valence-corrected chi connectivity index (χ3v) is 3.24. The van der Waals surface area contributed by atoms with Crippen molar-refractivity contribution >= 4 is 11.6 Å². The molecule has 122 valence electrons. The maximum absolute atomic E-state index is 13.2. The van der Waals surface area contributed by atoms with Gasteiger partial charge in [-0.2, -0.15) is 5.10 Å². The quantitative estimate of drug-likeness (QED) is 0.783. The number of carbonyl (C=O) groups excluding carboxylic acids is 1.